The number of oxazole rings is 1. The van der Waals surface area contributed by atoms with E-state index in [0.29, 0.717) is 12.1 Å². The Morgan fingerprint density at radius 2 is 2.37 bits per heavy atom. The Balaban J connectivity index is 1.94. The van der Waals surface area contributed by atoms with Crippen molar-refractivity contribution in [2.24, 2.45) is 0 Å². The van der Waals surface area contributed by atoms with Gasteiger partial charge in [0.1, 0.15) is 6.26 Å². The lowest BCUT2D eigenvalue weighted by Gasteiger charge is -2.22. The highest BCUT2D eigenvalue weighted by Crippen LogP contribution is 2.19. The Kier molecular flexibility index (Phi) is 4.99. The van der Waals surface area contributed by atoms with Crippen molar-refractivity contribution in [3.8, 4) is 0 Å². The number of nitrogens with one attached hydrogen (secondary N) is 1. The first-order valence-electron chi connectivity index (χ1n) is 6.61. The average molecular weight is 279 g/mol. The van der Waals surface area contributed by atoms with Crippen molar-refractivity contribution in [2.75, 3.05) is 18.5 Å². The van der Waals surface area contributed by atoms with Crippen LogP contribution in [-0.2, 0) is 13.0 Å². The largest absolute Gasteiger partial charge is 0.432 e. The Hall–Kier alpha value is -1.33. The molecule has 0 bridgehead atoms. The average Bonchev–Trinajstić information content (AvgIpc) is 3.06. The van der Waals surface area contributed by atoms with Gasteiger partial charge in [0.25, 0.3) is 6.01 Å². The molecule has 4 nitrogen and oxygen atoms in total. The summed E-state index contributed by atoms with van der Waals surface area (Å²) >= 11 is 1.79. The van der Waals surface area contributed by atoms with Crippen LogP contribution in [0.5, 0.6) is 0 Å². The predicted molar refractivity (Wildman–Crippen MR) is 79.8 cm³/mol. The highest BCUT2D eigenvalue weighted by atomic mass is 32.1. The number of rotatable bonds is 7. The van der Waals surface area contributed by atoms with Crippen molar-refractivity contribution in [3.63, 3.8) is 0 Å². The number of hydrogen-bond acceptors (Lipinski definition) is 5. The first-order chi connectivity index (χ1) is 9.20. The summed E-state index contributed by atoms with van der Waals surface area (Å²) in [5.41, 5.74) is 0.951. The van der Waals surface area contributed by atoms with Crippen molar-refractivity contribution in [1.82, 2.24) is 10.3 Å². The number of likely N-dealkylation sites (N-methyl/N-ethyl adjacent to an activating group) is 1. The standard InChI is InChI=1S/C14H21N3OS/c1-4-15-9-12-10-18-14(16-12)17(3)11(2)8-13-6-5-7-19-13/h5-7,10-11,15H,4,8-9H2,1-3H3. The van der Waals surface area contributed by atoms with Gasteiger partial charge >= 0.3 is 0 Å². The Morgan fingerprint density at radius 3 is 3.05 bits per heavy atom. The molecule has 1 N–H and O–H groups in total. The van der Waals surface area contributed by atoms with Crippen LogP contribution in [0.25, 0.3) is 0 Å². The summed E-state index contributed by atoms with van der Waals surface area (Å²) in [7, 11) is 2.03. The van der Waals surface area contributed by atoms with Crippen LogP contribution in [0.15, 0.2) is 28.2 Å². The van der Waals surface area contributed by atoms with Gasteiger partial charge in [-0.05, 0) is 24.9 Å². The third-order valence-corrected chi connectivity index (χ3v) is 4.03. The second-order valence-electron chi connectivity index (χ2n) is 4.65. The molecule has 0 saturated carbocycles. The smallest absolute Gasteiger partial charge is 0.297 e. The van der Waals surface area contributed by atoms with E-state index in [1.165, 1.54) is 4.88 Å². The van der Waals surface area contributed by atoms with Crippen molar-refractivity contribution < 1.29 is 4.42 Å². The molecular formula is C14H21N3OS. The molecule has 1 atom stereocenters. The van der Waals surface area contributed by atoms with Crippen LogP contribution in [0.2, 0.25) is 0 Å². The number of aromatic nitrogens is 1. The molecule has 2 heterocycles. The molecule has 0 aliphatic rings. The lowest BCUT2D eigenvalue weighted by molar-refractivity contribution is 0.519. The summed E-state index contributed by atoms with van der Waals surface area (Å²) in [6.07, 6.45) is 2.74. The second-order valence-corrected chi connectivity index (χ2v) is 5.68. The van der Waals surface area contributed by atoms with Gasteiger partial charge in [-0.3, -0.25) is 0 Å². The molecule has 5 heteroatoms. The summed E-state index contributed by atoms with van der Waals surface area (Å²) in [5.74, 6) is 0. The molecule has 1 unspecified atom stereocenters. The van der Waals surface area contributed by atoms with E-state index < -0.39 is 0 Å². The maximum Gasteiger partial charge on any atom is 0.297 e. The first kappa shape index (κ1) is 14.1. The SMILES string of the molecule is CCNCc1coc(N(C)C(C)Cc2cccs2)n1. The molecule has 0 saturated heterocycles. The summed E-state index contributed by atoms with van der Waals surface area (Å²) < 4.78 is 5.54. The van der Waals surface area contributed by atoms with Crippen LogP contribution in [-0.4, -0.2) is 24.6 Å². The Bertz CT molecular complexity index is 481. The van der Waals surface area contributed by atoms with Gasteiger partial charge in [-0.25, -0.2) is 0 Å². The molecule has 2 aromatic rings. The van der Waals surface area contributed by atoms with Crippen molar-refractivity contribution in [3.05, 3.63) is 34.3 Å². The third-order valence-electron chi connectivity index (χ3n) is 3.14. The third kappa shape index (κ3) is 3.81. The van der Waals surface area contributed by atoms with Gasteiger partial charge in [0.2, 0.25) is 0 Å². The fourth-order valence-electron chi connectivity index (χ4n) is 1.84. The maximum atomic E-state index is 5.54. The lowest BCUT2D eigenvalue weighted by Crippen LogP contribution is -2.30. The summed E-state index contributed by atoms with van der Waals surface area (Å²) in [5, 5.41) is 5.36. The zero-order valence-corrected chi connectivity index (χ0v) is 12.5. The van der Waals surface area contributed by atoms with Gasteiger partial charge in [0.05, 0.1) is 5.69 Å². The fraction of sp³-hybridized carbons (Fsp3) is 0.500. The van der Waals surface area contributed by atoms with Crippen molar-refractivity contribution >= 4 is 17.4 Å². The normalized spacial score (nSPS) is 12.6. The zero-order valence-electron chi connectivity index (χ0n) is 11.7. The van der Waals surface area contributed by atoms with E-state index in [-0.39, 0.29) is 0 Å². The molecular weight excluding hydrogens is 258 g/mol. The van der Waals surface area contributed by atoms with Crippen LogP contribution in [0, 0.1) is 0 Å². The number of hydrogen-bond donors (Lipinski definition) is 1. The van der Waals surface area contributed by atoms with Crippen molar-refractivity contribution in [2.45, 2.75) is 32.9 Å². The fourth-order valence-corrected chi connectivity index (χ4v) is 2.66. The molecule has 104 valence electrons. The van der Waals surface area contributed by atoms with Gasteiger partial charge in [-0.1, -0.05) is 13.0 Å². The molecule has 0 aliphatic heterocycles. The van der Waals surface area contributed by atoms with E-state index in [9.17, 15) is 0 Å². The molecule has 0 fully saturated rings. The van der Waals surface area contributed by atoms with Crippen molar-refractivity contribution in [1.29, 1.82) is 0 Å². The topological polar surface area (TPSA) is 41.3 Å². The van der Waals surface area contributed by atoms with E-state index in [1.807, 2.05) is 7.05 Å². The maximum absolute atomic E-state index is 5.54. The number of nitrogens with zero attached hydrogens (tertiary/aromatic N) is 2. The highest BCUT2D eigenvalue weighted by molar-refractivity contribution is 7.09. The van der Waals surface area contributed by atoms with E-state index in [2.05, 4.69) is 46.6 Å². The van der Waals surface area contributed by atoms with Crippen LogP contribution < -0.4 is 10.2 Å². The zero-order chi connectivity index (χ0) is 13.7. The molecule has 0 aliphatic carbocycles. The highest BCUT2D eigenvalue weighted by Gasteiger charge is 2.16. The van der Waals surface area contributed by atoms with Crippen LogP contribution in [0.4, 0.5) is 6.01 Å². The number of anilines is 1. The van der Waals surface area contributed by atoms with E-state index in [0.717, 1.165) is 25.2 Å². The van der Waals surface area contributed by atoms with E-state index in [1.54, 1.807) is 17.6 Å². The van der Waals surface area contributed by atoms with Crippen LogP contribution >= 0.6 is 11.3 Å². The van der Waals surface area contributed by atoms with Gasteiger partial charge in [-0.15, -0.1) is 11.3 Å². The predicted octanol–water partition coefficient (Wildman–Crippen LogP) is 2.91. The minimum absolute atomic E-state index is 0.365. The van der Waals surface area contributed by atoms with Gasteiger partial charge < -0.3 is 14.6 Å². The molecule has 0 aromatic carbocycles. The van der Waals surface area contributed by atoms with Gasteiger partial charge in [0, 0.05) is 30.9 Å². The summed E-state index contributed by atoms with van der Waals surface area (Å²) in [6.45, 7) is 5.96. The molecule has 0 spiro atoms. The van der Waals surface area contributed by atoms with E-state index >= 15 is 0 Å². The minimum atomic E-state index is 0.365. The molecule has 0 radical (unpaired) electrons. The Labute approximate surface area is 118 Å². The van der Waals surface area contributed by atoms with Crippen LogP contribution in [0.3, 0.4) is 0 Å². The van der Waals surface area contributed by atoms with Crippen LogP contribution in [0.1, 0.15) is 24.4 Å². The van der Waals surface area contributed by atoms with Gasteiger partial charge in [0.15, 0.2) is 0 Å². The molecule has 0 amide bonds. The summed E-state index contributed by atoms with van der Waals surface area (Å²) in [4.78, 5) is 7.98. The first-order valence-corrected chi connectivity index (χ1v) is 7.49. The molecule has 2 aromatic heterocycles. The lowest BCUT2D eigenvalue weighted by atomic mass is 10.2. The number of thiophene rings is 1. The second kappa shape index (κ2) is 6.73. The van der Waals surface area contributed by atoms with E-state index in [4.69, 9.17) is 4.42 Å². The monoisotopic (exact) mass is 279 g/mol. The Morgan fingerprint density at radius 1 is 1.53 bits per heavy atom. The molecule has 19 heavy (non-hydrogen) atoms. The summed E-state index contributed by atoms with van der Waals surface area (Å²) in [6, 6.07) is 5.31. The van der Waals surface area contributed by atoms with Gasteiger partial charge in [-0.2, -0.15) is 4.98 Å². The molecule has 2 rings (SSSR count). The minimum Gasteiger partial charge on any atom is -0.432 e. The quantitative estimate of drug-likeness (QED) is 0.846.